The van der Waals surface area contributed by atoms with Gasteiger partial charge in [0, 0.05) is 39.3 Å². The molecule has 1 aliphatic carbocycles. The summed E-state index contributed by atoms with van der Waals surface area (Å²) in [7, 11) is 0. The van der Waals surface area contributed by atoms with Crippen LogP contribution in [0, 0.1) is 5.92 Å². The molecule has 1 atom stereocenters. The molecule has 1 N–H and O–H groups in total. The van der Waals surface area contributed by atoms with Gasteiger partial charge in [-0.25, -0.2) is 0 Å². The third kappa shape index (κ3) is 13.2. The fourth-order valence-electron chi connectivity index (χ4n) is 4.84. The topological polar surface area (TPSA) is 27.7 Å². The third-order valence-electron chi connectivity index (χ3n) is 6.96. The molecule has 2 rings (SSSR count). The lowest BCUT2D eigenvalue weighted by Gasteiger charge is -2.32. The first-order chi connectivity index (χ1) is 15.8. The lowest BCUT2D eigenvalue weighted by Crippen LogP contribution is -2.44. The number of unbranched alkanes of at least 4 members (excludes halogenated alkanes) is 9. The van der Waals surface area contributed by atoms with Crippen molar-refractivity contribution in [3.05, 3.63) is 12.2 Å². The number of thiocarbonyl (C=S) groups is 1. The van der Waals surface area contributed by atoms with E-state index in [1.54, 1.807) is 0 Å². The van der Waals surface area contributed by atoms with Gasteiger partial charge in [-0.15, -0.1) is 0 Å². The summed E-state index contributed by atoms with van der Waals surface area (Å²) in [6.07, 6.45) is 23.4. The number of nitrogens with one attached hydrogen (secondary N) is 1. The molecule has 0 saturated carbocycles. The predicted octanol–water partition coefficient (Wildman–Crippen LogP) is 6.16. The first kappa shape index (κ1) is 27.6. The van der Waals surface area contributed by atoms with Gasteiger partial charge in [0.05, 0.1) is 13.2 Å². The number of morpholine rings is 1. The zero-order valence-electron chi connectivity index (χ0n) is 21.0. The van der Waals surface area contributed by atoms with E-state index >= 15 is 0 Å². The van der Waals surface area contributed by atoms with Crippen LogP contribution in [-0.2, 0) is 4.74 Å². The summed E-state index contributed by atoms with van der Waals surface area (Å²) >= 11 is 5.85. The van der Waals surface area contributed by atoms with Crippen molar-refractivity contribution in [3.63, 3.8) is 0 Å². The van der Waals surface area contributed by atoms with Gasteiger partial charge in [-0.05, 0) is 50.2 Å². The second-order valence-corrected chi connectivity index (χ2v) is 10.2. The lowest BCUT2D eigenvalue weighted by atomic mass is 9.94. The lowest BCUT2D eigenvalue weighted by molar-refractivity contribution is 0.0367. The van der Waals surface area contributed by atoms with Crippen molar-refractivity contribution in [3.8, 4) is 0 Å². The van der Waals surface area contributed by atoms with Crippen molar-refractivity contribution < 1.29 is 4.74 Å². The van der Waals surface area contributed by atoms with Crippen LogP contribution in [0.2, 0.25) is 0 Å². The number of hydrogen-bond donors (Lipinski definition) is 1. The molecule has 0 aromatic carbocycles. The Hall–Kier alpha value is -0.650. The average molecular weight is 466 g/mol. The highest BCUT2D eigenvalue weighted by atomic mass is 32.1. The van der Waals surface area contributed by atoms with Gasteiger partial charge in [-0.3, -0.25) is 4.90 Å². The first-order valence-electron chi connectivity index (χ1n) is 13.8. The van der Waals surface area contributed by atoms with Crippen LogP contribution in [0.5, 0.6) is 0 Å². The largest absolute Gasteiger partial charge is 0.379 e. The zero-order chi connectivity index (χ0) is 22.7. The van der Waals surface area contributed by atoms with Gasteiger partial charge in [0.25, 0.3) is 0 Å². The van der Waals surface area contributed by atoms with Crippen molar-refractivity contribution in [2.75, 3.05) is 52.5 Å². The molecule has 1 heterocycles. The van der Waals surface area contributed by atoms with E-state index in [9.17, 15) is 0 Å². The van der Waals surface area contributed by atoms with Crippen molar-refractivity contribution >= 4 is 17.3 Å². The maximum atomic E-state index is 5.85. The molecule has 1 fully saturated rings. The van der Waals surface area contributed by atoms with Crippen LogP contribution in [0.4, 0.5) is 0 Å². The van der Waals surface area contributed by atoms with Gasteiger partial charge < -0.3 is 15.0 Å². The van der Waals surface area contributed by atoms with Crippen molar-refractivity contribution in [2.24, 2.45) is 5.92 Å². The van der Waals surface area contributed by atoms with E-state index in [0.717, 1.165) is 63.5 Å². The van der Waals surface area contributed by atoms with E-state index in [1.807, 2.05) is 0 Å². The monoisotopic (exact) mass is 465 g/mol. The van der Waals surface area contributed by atoms with Gasteiger partial charge in [0.15, 0.2) is 5.11 Å². The predicted molar refractivity (Wildman–Crippen MR) is 142 cm³/mol. The molecule has 1 aliphatic heterocycles. The highest BCUT2D eigenvalue weighted by molar-refractivity contribution is 7.80. The molecule has 0 bridgehead atoms. The maximum Gasteiger partial charge on any atom is 0.168 e. The number of nitrogens with zero attached hydrogens (tertiary/aromatic N) is 2. The molecule has 1 unspecified atom stereocenters. The van der Waals surface area contributed by atoms with Crippen LogP contribution in [0.15, 0.2) is 12.2 Å². The maximum absolute atomic E-state index is 5.85. The Kier molecular flexibility index (Phi) is 16.2. The highest BCUT2D eigenvalue weighted by Crippen LogP contribution is 2.19. The Balaban J connectivity index is 1.58. The van der Waals surface area contributed by atoms with E-state index in [4.69, 9.17) is 17.0 Å². The van der Waals surface area contributed by atoms with Crippen LogP contribution in [0.25, 0.3) is 0 Å². The van der Waals surface area contributed by atoms with Gasteiger partial charge in [-0.1, -0.05) is 76.9 Å². The molecule has 0 amide bonds. The van der Waals surface area contributed by atoms with Gasteiger partial charge >= 0.3 is 0 Å². The Labute approximate surface area is 204 Å². The normalized spacial score (nSPS) is 19.2. The smallest absolute Gasteiger partial charge is 0.168 e. The Bertz CT molecular complexity index is 493. The SMILES string of the molecule is CCCCCCCCCCCCNC(=S)N(CCCN1CCOCC1)CC1CC=CCC1. The highest BCUT2D eigenvalue weighted by Gasteiger charge is 2.18. The molecule has 0 radical (unpaired) electrons. The molecule has 32 heavy (non-hydrogen) atoms. The van der Waals surface area contributed by atoms with E-state index in [2.05, 4.69) is 34.2 Å². The Morgan fingerprint density at radius 3 is 2.31 bits per heavy atom. The summed E-state index contributed by atoms with van der Waals surface area (Å²) in [6, 6.07) is 0. The minimum atomic E-state index is 0.750. The van der Waals surface area contributed by atoms with Gasteiger partial charge in [-0.2, -0.15) is 0 Å². The molecule has 2 aliphatic rings. The van der Waals surface area contributed by atoms with Crippen LogP contribution in [0.3, 0.4) is 0 Å². The molecule has 4 nitrogen and oxygen atoms in total. The molecule has 1 saturated heterocycles. The minimum Gasteiger partial charge on any atom is -0.379 e. The number of rotatable bonds is 17. The first-order valence-corrected chi connectivity index (χ1v) is 14.2. The van der Waals surface area contributed by atoms with Crippen molar-refractivity contribution in [1.29, 1.82) is 0 Å². The Morgan fingerprint density at radius 2 is 1.66 bits per heavy atom. The molecule has 0 aromatic heterocycles. The summed E-state index contributed by atoms with van der Waals surface area (Å²) in [4.78, 5) is 5.00. The second-order valence-electron chi connectivity index (χ2n) is 9.82. The van der Waals surface area contributed by atoms with Crippen LogP contribution < -0.4 is 5.32 Å². The molecule has 186 valence electrons. The van der Waals surface area contributed by atoms with Crippen LogP contribution in [0.1, 0.15) is 96.8 Å². The fraction of sp³-hybridized carbons (Fsp3) is 0.889. The van der Waals surface area contributed by atoms with E-state index in [-0.39, 0.29) is 0 Å². The summed E-state index contributed by atoms with van der Waals surface area (Å²) in [5.74, 6) is 0.750. The fourth-order valence-corrected chi connectivity index (χ4v) is 5.11. The minimum absolute atomic E-state index is 0.750. The summed E-state index contributed by atoms with van der Waals surface area (Å²) < 4.78 is 5.48. The number of hydrogen-bond acceptors (Lipinski definition) is 3. The van der Waals surface area contributed by atoms with Crippen LogP contribution >= 0.6 is 12.2 Å². The van der Waals surface area contributed by atoms with Crippen molar-refractivity contribution in [1.82, 2.24) is 15.1 Å². The molecular weight excluding hydrogens is 414 g/mol. The van der Waals surface area contributed by atoms with E-state index in [1.165, 1.54) is 89.9 Å². The summed E-state index contributed by atoms with van der Waals surface area (Å²) in [5.41, 5.74) is 0. The van der Waals surface area contributed by atoms with E-state index in [0.29, 0.717) is 0 Å². The third-order valence-corrected chi connectivity index (χ3v) is 7.36. The summed E-state index contributed by atoms with van der Waals surface area (Å²) in [6.45, 7) is 10.6. The standard InChI is InChI=1S/C27H51N3OS/c1-2-3-4-5-6-7-8-9-10-14-18-28-27(32)30(25-26-16-12-11-13-17-26)20-15-19-29-21-23-31-24-22-29/h11-12,26H,2-10,13-25H2,1H3,(H,28,32). The molecule has 0 aromatic rings. The average Bonchev–Trinajstić information content (AvgIpc) is 2.83. The van der Waals surface area contributed by atoms with Gasteiger partial charge in [0.2, 0.25) is 0 Å². The molecule has 5 heteroatoms. The van der Waals surface area contributed by atoms with Crippen molar-refractivity contribution in [2.45, 2.75) is 96.8 Å². The zero-order valence-corrected chi connectivity index (χ0v) is 21.8. The second kappa shape index (κ2) is 18.7. The number of ether oxygens (including phenoxy) is 1. The Morgan fingerprint density at radius 1 is 0.969 bits per heavy atom. The van der Waals surface area contributed by atoms with Crippen LogP contribution in [-0.4, -0.2) is 67.4 Å². The molecular formula is C27H51N3OS. The van der Waals surface area contributed by atoms with E-state index < -0.39 is 0 Å². The summed E-state index contributed by atoms with van der Waals surface area (Å²) in [5, 5.41) is 4.58. The van der Waals surface area contributed by atoms with Gasteiger partial charge in [0.1, 0.15) is 0 Å². The molecule has 0 spiro atoms. The number of allylic oxidation sites excluding steroid dienone is 2. The quantitative estimate of drug-likeness (QED) is 0.158.